The van der Waals surface area contributed by atoms with Crippen molar-refractivity contribution in [3.63, 3.8) is 0 Å². The molecule has 0 radical (unpaired) electrons. The van der Waals surface area contributed by atoms with E-state index in [4.69, 9.17) is 11.6 Å². The molecule has 2 amide bonds. The Labute approximate surface area is 127 Å². The normalized spacial score (nSPS) is 17.8. The van der Waals surface area contributed by atoms with Crippen LogP contribution in [0.25, 0.3) is 0 Å². The predicted octanol–water partition coefficient (Wildman–Crippen LogP) is 1.69. The number of likely N-dealkylation sites (tertiary alicyclic amines) is 1. The Hall–Kier alpha value is -2.08. The average Bonchev–Trinajstić information content (AvgIpc) is 2.80. The molecule has 1 aromatic carbocycles. The predicted molar refractivity (Wildman–Crippen MR) is 77.2 cm³/mol. The number of hydrogen-bond acceptors (Lipinski definition) is 4. The van der Waals surface area contributed by atoms with Crippen molar-refractivity contribution in [3.8, 4) is 0 Å². The summed E-state index contributed by atoms with van der Waals surface area (Å²) in [7, 11) is 2.86. The molecule has 1 heterocycles. The standard InChI is InChI=1S/C14H15ClN2O4/c1-17-11(5-6-12(17)18)13(19)16-10-7-8(14(20)21-2)3-4-9(10)15/h3-4,7,11H,5-6H2,1-2H3,(H,16,19). The Bertz CT molecular complexity index is 603. The fourth-order valence-electron chi connectivity index (χ4n) is 2.19. The number of likely N-dealkylation sites (N-methyl/N-ethyl adjacent to an activating group) is 1. The van der Waals surface area contributed by atoms with Crippen LogP contribution in [-0.4, -0.2) is 42.9 Å². The third-order valence-electron chi connectivity index (χ3n) is 3.44. The first-order valence-electron chi connectivity index (χ1n) is 6.38. The van der Waals surface area contributed by atoms with Crippen LogP contribution in [0, 0.1) is 0 Å². The maximum Gasteiger partial charge on any atom is 0.337 e. The number of methoxy groups -OCH3 is 1. The van der Waals surface area contributed by atoms with Gasteiger partial charge >= 0.3 is 5.97 Å². The minimum absolute atomic E-state index is 0.0652. The summed E-state index contributed by atoms with van der Waals surface area (Å²) in [5, 5.41) is 2.96. The molecule has 1 N–H and O–H groups in total. The fourth-order valence-corrected chi connectivity index (χ4v) is 2.36. The lowest BCUT2D eigenvalue weighted by molar-refractivity contribution is -0.131. The largest absolute Gasteiger partial charge is 0.465 e. The number of nitrogens with zero attached hydrogens (tertiary/aromatic N) is 1. The number of esters is 1. The number of rotatable bonds is 3. The van der Waals surface area contributed by atoms with E-state index in [0.29, 0.717) is 23.6 Å². The van der Waals surface area contributed by atoms with E-state index in [2.05, 4.69) is 10.1 Å². The summed E-state index contributed by atoms with van der Waals surface area (Å²) in [5.41, 5.74) is 0.602. The molecule has 1 unspecified atom stereocenters. The maximum absolute atomic E-state index is 12.2. The quantitative estimate of drug-likeness (QED) is 0.862. The second-order valence-corrected chi connectivity index (χ2v) is 5.14. The van der Waals surface area contributed by atoms with Crippen LogP contribution in [0.2, 0.25) is 5.02 Å². The SMILES string of the molecule is COC(=O)c1ccc(Cl)c(NC(=O)C2CCC(=O)N2C)c1. The van der Waals surface area contributed by atoms with Crippen molar-refractivity contribution >= 4 is 35.1 Å². The van der Waals surface area contributed by atoms with Crippen molar-refractivity contribution in [1.82, 2.24) is 4.90 Å². The number of amides is 2. The van der Waals surface area contributed by atoms with Gasteiger partial charge in [-0.2, -0.15) is 0 Å². The summed E-state index contributed by atoms with van der Waals surface area (Å²) < 4.78 is 4.62. The molecular weight excluding hydrogens is 296 g/mol. The molecule has 1 atom stereocenters. The molecule has 0 saturated carbocycles. The number of hydrogen-bond donors (Lipinski definition) is 1. The highest BCUT2D eigenvalue weighted by atomic mass is 35.5. The van der Waals surface area contributed by atoms with Gasteiger partial charge in [0.25, 0.3) is 0 Å². The zero-order valence-corrected chi connectivity index (χ0v) is 12.4. The maximum atomic E-state index is 12.2. The van der Waals surface area contributed by atoms with E-state index < -0.39 is 12.0 Å². The van der Waals surface area contributed by atoms with Crippen LogP contribution in [0.15, 0.2) is 18.2 Å². The number of carbonyl (C=O) groups is 3. The van der Waals surface area contributed by atoms with Gasteiger partial charge in [-0.25, -0.2) is 4.79 Å². The van der Waals surface area contributed by atoms with E-state index >= 15 is 0 Å². The Balaban J connectivity index is 2.17. The van der Waals surface area contributed by atoms with Gasteiger partial charge in [0.05, 0.1) is 23.4 Å². The lowest BCUT2D eigenvalue weighted by Crippen LogP contribution is -2.38. The second-order valence-electron chi connectivity index (χ2n) is 4.73. The Morgan fingerprint density at radius 2 is 2.14 bits per heavy atom. The molecule has 0 spiro atoms. The van der Waals surface area contributed by atoms with Crippen LogP contribution in [0.1, 0.15) is 23.2 Å². The zero-order chi connectivity index (χ0) is 15.6. The number of ether oxygens (including phenoxy) is 1. The molecule has 0 bridgehead atoms. The van der Waals surface area contributed by atoms with Gasteiger partial charge in [-0.15, -0.1) is 0 Å². The minimum Gasteiger partial charge on any atom is -0.465 e. The minimum atomic E-state index is -0.518. The molecule has 112 valence electrons. The number of nitrogens with one attached hydrogen (secondary N) is 1. The molecule has 1 aliphatic rings. The molecule has 1 aromatic rings. The number of halogens is 1. The van der Waals surface area contributed by atoms with Gasteiger partial charge in [-0.1, -0.05) is 11.6 Å². The topological polar surface area (TPSA) is 75.7 Å². The van der Waals surface area contributed by atoms with Gasteiger partial charge in [0.1, 0.15) is 6.04 Å². The van der Waals surface area contributed by atoms with E-state index in [1.54, 1.807) is 7.05 Å². The molecular formula is C14H15ClN2O4. The first kappa shape index (κ1) is 15.3. The van der Waals surface area contributed by atoms with Crippen LogP contribution in [0.3, 0.4) is 0 Å². The van der Waals surface area contributed by atoms with Crippen molar-refractivity contribution in [2.24, 2.45) is 0 Å². The monoisotopic (exact) mass is 310 g/mol. The first-order chi connectivity index (χ1) is 9.93. The summed E-state index contributed by atoms with van der Waals surface area (Å²) in [6, 6.07) is 3.94. The van der Waals surface area contributed by atoms with Crippen LogP contribution in [-0.2, 0) is 14.3 Å². The van der Waals surface area contributed by atoms with Gasteiger partial charge in [0.2, 0.25) is 11.8 Å². The highest BCUT2D eigenvalue weighted by Crippen LogP contribution is 2.25. The Kier molecular flexibility index (Phi) is 4.47. The van der Waals surface area contributed by atoms with Crippen molar-refractivity contribution < 1.29 is 19.1 Å². The third kappa shape index (κ3) is 3.16. The summed E-state index contributed by atoms with van der Waals surface area (Å²) in [6.07, 6.45) is 0.819. The van der Waals surface area contributed by atoms with Crippen LogP contribution in [0.4, 0.5) is 5.69 Å². The lowest BCUT2D eigenvalue weighted by atomic mass is 10.1. The van der Waals surface area contributed by atoms with Crippen molar-refractivity contribution in [3.05, 3.63) is 28.8 Å². The van der Waals surface area contributed by atoms with Gasteiger partial charge in [-0.3, -0.25) is 9.59 Å². The molecule has 2 rings (SSSR count). The van der Waals surface area contributed by atoms with E-state index in [9.17, 15) is 14.4 Å². The van der Waals surface area contributed by atoms with Crippen molar-refractivity contribution in [2.75, 3.05) is 19.5 Å². The zero-order valence-electron chi connectivity index (χ0n) is 11.7. The molecule has 7 heteroatoms. The molecule has 0 aliphatic carbocycles. The summed E-state index contributed by atoms with van der Waals surface area (Å²) in [4.78, 5) is 36.5. The highest BCUT2D eigenvalue weighted by molar-refractivity contribution is 6.34. The first-order valence-corrected chi connectivity index (χ1v) is 6.76. The van der Waals surface area contributed by atoms with E-state index in [1.807, 2.05) is 0 Å². The smallest absolute Gasteiger partial charge is 0.337 e. The van der Waals surface area contributed by atoms with Gasteiger partial charge in [-0.05, 0) is 24.6 Å². The highest BCUT2D eigenvalue weighted by Gasteiger charge is 2.33. The van der Waals surface area contributed by atoms with Gasteiger partial charge in [0, 0.05) is 13.5 Å². The van der Waals surface area contributed by atoms with Crippen LogP contribution < -0.4 is 5.32 Å². The number of benzene rings is 1. The van der Waals surface area contributed by atoms with Gasteiger partial charge < -0.3 is 15.0 Å². The van der Waals surface area contributed by atoms with Crippen molar-refractivity contribution in [1.29, 1.82) is 0 Å². The van der Waals surface area contributed by atoms with E-state index in [1.165, 1.54) is 30.2 Å². The summed E-state index contributed by atoms with van der Waals surface area (Å²) >= 11 is 6.01. The Morgan fingerprint density at radius 3 is 2.71 bits per heavy atom. The summed E-state index contributed by atoms with van der Waals surface area (Å²) in [5.74, 6) is -0.910. The molecule has 1 fully saturated rings. The Morgan fingerprint density at radius 1 is 1.43 bits per heavy atom. The summed E-state index contributed by atoms with van der Waals surface area (Å²) in [6.45, 7) is 0. The van der Waals surface area contributed by atoms with Crippen LogP contribution >= 0.6 is 11.6 Å². The molecule has 6 nitrogen and oxygen atoms in total. The molecule has 0 aromatic heterocycles. The van der Waals surface area contributed by atoms with E-state index in [-0.39, 0.29) is 17.4 Å². The molecule has 1 saturated heterocycles. The third-order valence-corrected chi connectivity index (χ3v) is 3.77. The van der Waals surface area contributed by atoms with E-state index in [0.717, 1.165) is 0 Å². The van der Waals surface area contributed by atoms with Crippen LogP contribution in [0.5, 0.6) is 0 Å². The van der Waals surface area contributed by atoms with Gasteiger partial charge in [0.15, 0.2) is 0 Å². The average molecular weight is 311 g/mol. The number of anilines is 1. The number of carbonyl (C=O) groups excluding carboxylic acids is 3. The second kappa shape index (κ2) is 6.13. The fraction of sp³-hybridized carbons (Fsp3) is 0.357. The molecule has 1 aliphatic heterocycles. The molecule has 21 heavy (non-hydrogen) atoms. The van der Waals surface area contributed by atoms with Crippen molar-refractivity contribution in [2.45, 2.75) is 18.9 Å². The lowest BCUT2D eigenvalue weighted by Gasteiger charge is -2.19.